The normalized spacial score (nSPS) is 22.3. The van der Waals surface area contributed by atoms with Gasteiger partial charge in [0.05, 0.1) is 11.7 Å². The van der Waals surface area contributed by atoms with Gasteiger partial charge in [-0.05, 0) is 37.3 Å². The number of nitrogen functional groups attached to an aromatic ring is 1. The van der Waals surface area contributed by atoms with E-state index in [-0.39, 0.29) is 18.1 Å². The van der Waals surface area contributed by atoms with Crippen LogP contribution in [-0.2, 0) is 0 Å². The van der Waals surface area contributed by atoms with Crippen LogP contribution in [0.4, 0.5) is 5.82 Å². The molecule has 0 unspecified atom stereocenters. The molecule has 0 saturated heterocycles. The molecule has 7 nitrogen and oxygen atoms in total. The zero-order valence-corrected chi connectivity index (χ0v) is 11.9. The lowest BCUT2D eigenvalue weighted by molar-refractivity contribution is 0.0869. The maximum Gasteiger partial charge on any atom is 0.253 e. The quantitative estimate of drug-likeness (QED) is 0.589. The predicted octanol–water partition coefficient (Wildman–Crippen LogP) is -1.40. The van der Waals surface area contributed by atoms with Crippen LogP contribution in [0.2, 0.25) is 0 Å². The summed E-state index contributed by atoms with van der Waals surface area (Å²) in [5, 5.41) is 16.6. The molecule has 21 heavy (non-hydrogen) atoms. The van der Waals surface area contributed by atoms with E-state index in [9.17, 15) is 9.90 Å². The number of hydrogen-bond acceptors (Lipinski definition) is 5. The number of aliphatic hydroxyl groups excluding tert-OH is 1. The van der Waals surface area contributed by atoms with Crippen molar-refractivity contribution in [2.75, 3.05) is 5.73 Å². The molecule has 2 aromatic rings. The van der Waals surface area contributed by atoms with Gasteiger partial charge in [-0.2, -0.15) is 5.10 Å². The van der Waals surface area contributed by atoms with Gasteiger partial charge in [0, 0.05) is 6.04 Å². The Labute approximate surface area is 123 Å². The van der Waals surface area contributed by atoms with Crippen molar-refractivity contribution in [3.8, 4) is 0 Å². The summed E-state index contributed by atoms with van der Waals surface area (Å²) in [6, 6.07) is 1.87. The monoisotopic (exact) mass is 287 g/mol. The van der Waals surface area contributed by atoms with Crippen LogP contribution in [0.3, 0.4) is 0 Å². The lowest BCUT2D eigenvalue weighted by Crippen LogP contribution is -2.38. The highest BCUT2D eigenvalue weighted by Gasteiger charge is 2.23. The Hall–Kier alpha value is -2.09. The van der Waals surface area contributed by atoms with Crippen molar-refractivity contribution >= 4 is 30.7 Å². The average Bonchev–Trinajstić information content (AvgIpc) is 2.80. The maximum atomic E-state index is 12.5. The molecule has 4 N–H and O–H groups in total. The number of fused-ring (bicyclic) bond motifs is 1. The molecule has 3 rings (SSSR count). The first-order valence-corrected chi connectivity index (χ1v) is 7.14. The van der Waals surface area contributed by atoms with E-state index in [1.807, 2.05) is 7.85 Å². The van der Waals surface area contributed by atoms with Crippen molar-refractivity contribution < 1.29 is 9.90 Å². The number of amides is 1. The topological polar surface area (TPSA) is 106 Å². The van der Waals surface area contributed by atoms with Crippen LogP contribution in [0.5, 0.6) is 0 Å². The molecule has 0 radical (unpaired) electrons. The second-order valence-electron chi connectivity index (χ2n) is 5.58. The molecule has 1 aliphatic rings. The van der Waals surface area contributed by atoms with Gasteiger partial charge in [0.2, 0.25) is 0 Å². The molecule has 0 atom stereocenters. The molecule has 0 aromatic carbocycles. The van der Waals surface area contributed by atoms with Crippen molar-refractivity contribution in [1.29, 1.82) is 0 Å². The fraction of sp³-hybridized carbons (Fsp3) is 0.462. The van der Waals surface area contributed by atoms with Crippen molar-refractivity contribution in [2.45, 2.75) is 37.8 Å². The SMILES string of the molecule is Bc1cc(C(=O)N[C@H]2CC[C@H](O)CC2)c2c(N)ncnn12. The number of nitrogens with one attached hydrogen (secondary N) is 1. The first-order valence-electron chi connectivity index (χ1n) is 7.14. The standard InChI is InChI=1S/C13H18BN5O2/c14-10-5-9(11-12(15)16-6-17-19(10)11)13(21)18-7-1-3-8(20)4-2-7/h5-8,20H,1-4,14H2,(H,18,21)(H2,15,16,17)/t7-,8-. The van der Waals surface area contributed by atoms with Crippen molar-refractivity contribution in [3.63, 3.8) is 0 Å². The van der Waals surface area contributed by atoms with Gasteiger partial charge in [-0.3, -0.25) is 4.79 Å². The smallest absolute Gasteiger partial charge is 0.253 e. The van der Waals surface area contributed by atoms with Gasteiger partial charge < -0.3 is 16.2 Å². The van der Waals surface area contributed by atoms with Crippen LogP contribution >= 0.6 is 0 Å². The molecule has 2 aromatic heterocycles. The number of rotatable bonds is 2. The van der Waals surface area contributed by atoms with Gasteiger partial charge in [-0.25, -0.2) is 9.50 Å². The molecule has 0 bridgehead atoms. The third-order valence-electron chi connectivity index (χ3n) is 4.04. The molecular formula is C13H18BN5O2. The molecule has 1 fully saturated rings. The largest absolute Gasteiger partial charge is 0.393 e. The summed E-state index contributed by atoms with van der Waals surface area (Å²) in [5.74, 6) is 0.130. The lowest BCUT2D eigenvalue weighted by Gasteiger charge is -2.26. The lowest BCUT2D eigenvalue weighted by atomic mass is 9.93. The molecule has 0 spiro atoms. The number of carbonyl (C=O) groups is 1. The molecule has 110 valence electrons. The fourth-order valence-electron chi connectivity index (χ4n) is 2.88. The number of carbonyl (C=O) groups excluding carboxylic acids is 1. The van der Waals surface area contributed by atoms with Crippen LogP contribution in [0.15, 0.2) is 12.4 Å². The highest BCUT2D eigenvalue weighted by atomic mass is 16.3. The molecule has 1 saturated carbocycles. The van der Waals surface area contributed by atoms with Gasteiger partial charge in [-0.1, -0.05) is 0 Å². The van der Waals surface area contributed by atoms with E-state index in [1.54, 1.807) is 10.6 Å². The van der Waals surface area contributed by atoms with E-state index >= 15 is 0 Å². The van der Waals surface area contributed by atoms with Crippen molar-refractivity contribution in [2.24, 2.45) is 0 Å². The van der Waals surface area contributed by atoms with Crippen LogP contribution in [0.25, 0.3) is 5.52 Å². The first-order chi connectivity index (χ1) is 10.1. The minimum atomic E-state index is -0.236. The molecule has 1 aliphatic carbocycles. The molecular weight excluding hydrogens is 269 g/mol. The van der Waals surface area contributed by atoms with Crippen LogP contribution in [0, 0.1) is 0 Å². The number of hydrogen-bond donors (Lipinski definition) is 3. The van der Waals surface area contributed by atoms with E-state index < -0.39 is 0 Å². The van der Waals surface area contributed by atoms with Gasteiger partial charge >= 0.3 is 0 Å². The number of nitrogens with two attached hydrogens (primary N) is 1. The van der Waals surface area contributed by atoms with Gasteiger partial charge in [0.25, 0.3) is 5.91 Å². The zero-order chi connectivity index (χ0) is 15.0. The Morgan fingerprint density at radius 3 is 2.86 bits per heavy atom. The minimum Gasteiger partial charge on any atom is -0.393 e. The van der Waals surface area contributed by atoms with E-state index in [0.29, 0.717) is 16.9 Å². The minimum absolute atomic E-state index is 0.0991. The summed E-state index contributed by atoms with van der Waals surface area (Å²) in [6.07, 6.45) is 4.18. The Balaban J connectivity index is 1.85. The first kappa shape index (κ1) is 13.9. The maximum absolute atomic E-state index is 12.5. The number of aliphatic hydroxyl groups is 1. The second-order valence-corrected chi connectivity index (χ2v) is 5.58. The Kier molecular flexibility index (Phi) is 3.54. The summed E-state index contributed by atoms with van der Waals surface area (Å²) in [6.45, 7) is 0. The Morgan fingerprint density at radius 2 is 2.14 bits per heavy atom. The van der Waals surface area contributed by atoms with Crippen LogP contribution in [-0.4, -0.2) is 45.6 Å². The fourth-order valence-corrected chi connectivity index (χ4v) is 2.88. The third-order valence-corrected chi connectivity index (χ3v) is 4.04. The predicted molar refractivity (Wildman–Crippen MR) is 81.3 cm³/mol. The van der Waals surface area contributed by atoms with Crippen LogP contribution in [0.1, 0.15) is 36.0 Å². The summed E-state index contributed by atoms with van der Waals surface area (Å²) in [4.78, 5) is 16.4. The number of anilines is 1. The second kappa shape index (κ2) is 5.36. The Bertz CT molecular complexity index is 678. The van der Waals surface area contributed by atoms with Crippen molar-refractivity contribution in [3.05, 3.63) is 18.0 Å². The van der Waals surface area contributed by atoms with Gasteiger partial charge in [0.15, 0.2) is 13.7 Å². The zero-order valence-electron chi connectivity index (χ0n) is 11.9. The Morgan fingerprint density at radius 1 is 1.43 bits per heavy atom. The van der Waals surface area contributed by atoms with Gasteiger partial charge in [-0.15, -0.1) is 0 Å². The highest BCUT2D eigenvalue weighted by molar-refractivity contribution is 6.32. The number of aromatic nitrogens is 3. The summed E-state index contributed by atoms with van der Waals surface area (Å²) < 4.78 is 1.63. The molecule has 1 amide bonds. The van der Waals surface area contributed by atoms with E-state index in [2.05, 4.69) is 15.4 Å². The van der Waals surface area contributed by atoms with Crippen molar-refractivity contribution in [1.82, 2.24) is 19.9 Å². The third kappa shape index (κ3) is 2.58. The summed E-state index contributed by atoms with van der Waals surface area (Å²) in [5.41, 5.74) is 7.75. The van der Waals surface area contributed by atoms with Gasteiger partial charge in [0.1, 0.15) is 11.8 Å². The summed E-state index contributed by atoms with van der Waals surface area (Å²) >= 11 is 0. The molecule has 8 heteroatoms. The van der Waals surface area contributed by atoms with E-state index in [1.165, 1.54) is 6.33 Å². The molecule has 2 heterocycles. The van der Waals surface area contributed by atoms with Crippen LogP contribution < -0.4 is 16.6 Å². The van der Waals surface area contributed by atoms with E-state index in [0.717, 1.165) is 31.3 Å². The van der Waals surface area contributed by atoms with E-state index in [4.69, 9.17) is 5.73 Å². The highest BCUT2D eigenvalue weighted by Crippen LogP contribution is 2.20. The number of nitrogens with zero attached hydrogens (tertiary/aromatic N) is 3. The average molecular weight is 287 g/mol. The summed E-state index contributed by atoms with van der Waals surface area (Å²) in [7, 11) is 1.87. The molecule has 0 aliphatic heterocycles.